The number of H-pyrrole nitrogens is 1. The fraction of sp³-hybridized carbons (Fsp3) is 0.500. The zero-order valence-electron chi connectivity index (χ0n) is 16.1. The average molecular weight is 378 g/mol. The monoisotopic (exact) mass is 378 g/mol. The van der Waals surface area contributed by atoms with E-state index in [1.807, 2.05) is 6.08 Å². The molecule has 6 heteroatoms. The third-order valence-electron chi connectivity index (χ3n) is 5.83. The number of ketones is 1. The topological polar surface area (TPSA) is 78.4 Å². The molecule has 0 unspecified atom stereocenters. The van der Waals surface area contributed by atoms with E-state index in [0.29, 0.717) is 24.4 Å². The molecule has 1 aromatic rings. The van der Waals surface area contributed by atoms with Gasteiger partial charge in [-0.05, 0) is 49.8 Å². The first-order valence-corrected chi connectivity index (χ1v) is 10.2. The van der Waals surface area contributed by atoms with E-state index in [1.165, 1.54) is 31.3 Å². The average Bonchev–Trinajstić information content (AvgIpc) is 3.12. The molecule has 3 heterocycles. The number of carbonyl (C=O) groups excluding carboxylic acids is 1. The van der Waals surface area contributed by atoms with Crippen LogP contribution in [0, 0.1) is 0 Å². The van der Waals surface area contributed by atoms with Gasteiger partial charge in [-0.1, -0.05) is 24.5 Å². The number of piperidine rings is 1. The second-order valence-electron chi connectivity index (χ2n) is 7.76. The Bertz CT molecular complexity index is 918. The second-order valence-corrected chi connectivity index (χ2v) is 7.76. The molecule has 0 radical (unpaired) electrons. The summed E-state index contributed by atoms with van der Waals surface area (Å²) >= 11 is 0. The van der Waals surface area contributed by atoms with E-state index in [-0.39, 0.29) is 17.0 Å². The van der Waals surface area contributed by atoms with Crippen LogP contribution in [0.25, 0.3) is 6.08 Å². The highest BCUT2D eigenvalue weighted by molar-refractivity contribution is 5.90. The number of carbonyl (C=O) groups is 1. The maximum absolute atomic E-state index is 12.4. The van der Waals surface area contributed by atoms with Crippen molar-refractivity contribution in [2.45, 2.75) is 57.4 Å². The van der Waals surface area contributed by atoms with Crippen molar-refractivity contribution in [2.75, 3.05) is 13.1 Å². The summed E-state index contributed by atoms with van der Waals surface area (Å²) in [6, 6.07) is 0.766. The molecule has 0 bridgehead atoms. The molecule has 1 saturated heterocycles. The number of nitrogens with zero attached hydrogens (tertiary/aromatic N) is 3. The van der Waals surface area contributed by atoms with Crippen molar-refractivity contribution >= 4 is 23.4 Å². The van der Waals surface area contributed by atoms with E-state index in [4.69, 9.17) is 0 Å². The minimum atomic E-state index is -0.294. The van der Waals surface area contributed by atoms with Crippen LogP contribution in [0.15, 0.2) is 33.6 Å². The lowest BCUT2D eigenvalue weighted by Crippen LogP contribution is -2.38. The lowest BCUT2D eigenvalue weighted by molar-refractivity contribution is -0.114. The van der Waals surface area contributed by atoms with Crippen LogP contribution in [0.2, 0.25) is 0 Å². The Balaban J connectivity index is 1.32. The summed E-state index contributed by atoms with van der Waals surface area (Å²) in [6.45, 7) is 2.15. The van der Waals surface area contributed by atoms with E-state index in [2.05, 4.69) is 25.7 Å². The smallest absolute Gasteiger partial charge is 0.278 e. The Morgan fingerprint density at radius 3 is 2.86 bits per heavy atom. The van der Waals surface area contributed by atoms with E-state index >= 15 is 0 Å². The number of fused-ring (bicyclic) bond motifs is 1. The highest BCUT2D eigenvalue weighted by Gasteiger charge is 2.25. The fourth-order valence-corrected chi connectivity index (χ4v) is 4.29. The Kier molecular flexibility index (Phi) is 5.79. The van der Waals surface area contributed by atoms with Crippen molar-refractivity contribution in [3.05, 3.63) is 45.7 Å². The molecular weight excluding hydrogens is 352 g/mol. The van der Waals surface area contributed by atoms with Gasteiger partial charge in [0.25, 0.3) is 5.56 Å². The lowest BCUT2D eigenvalue weighted by atomic mass is 9.99. The van der Waals surface area contributed by atoms with Gasteiger partial charge in [0.2, 0.25) is 0 Å². The Morgan fingerprint density at radius 1 is 1.29 bits per heavy atom. The molecule has 1 saturated carbocycles. The summed E-state index contributed by atoms with van der Waals surface area (Å²) in [5, 5.41) is 0. The van der Waals surface area contributed by atoms with Gasteiger partial charge in [-0.25, -0.2) is 4.98 Å². The largest absolute Gasteiger partial charge is 0.309 e. The van der Waals surface area contributed by atoms with Crippen LogP contribution in [0.5, 0.6) is 0 Å². The predicted molar refractivity (Wildman–Crippen MR) is 110 cm³/mol. The third-order valence-corrected chi connectivity index (χ3v) is 5.83. The van der Waals surface area contributed by atoms with Crippen LogP contribution in [0.1, 0.15) is 56.5 Å². The van der Waals surface area contributed by atoms with Gasteiger partial charge in [-0.15, -0.1) is 0 Å². The summed E-state index contributed by atoms with van der Waals surface area (Å²) in [6.07, 6.45) is 15.1. The highest BCUT2D eigenvalue weighted by Crippen LogP contribution is 2.27. The summed E-state index contributed by atoms with van der Waals surface area (Å²) in [5.41, 5.74) is 1.74. The quantitative estimate of drug-likeness (QED) is 0.799. The van der Waals surface area contributed by atoms with Crippen molar-refractivity contribution in [3.63, 3.8) is 0 Å². The molecule has 0 atom stereocenters. The minimum absolute atomic E-state index is 0.108. The standard InChI is InChI=1S/C22H26N4O2/c27-18(15-16-10-13-26(14-11-16)17-5-1-2-6-17)8-9-20-24-19-7-3-4-12-23-21(19)22(28)25-20/h3-4,7,15,17H,1-2,5-6,8-11,13-14H2,(H,24,25,28). The van der Waals surface area contributed by atoms with Crippen LogP contribution >= 0.6 is 0 Å². The van der Waals surface area contributed by atoms with Crippen molar-refractivity contribution in [3.8, 4) is 0 Å². The minimum Gasteiger partial charge on any atom is -0.309 e. The van der Waals surface area contributed by atoms with Gasteiger partial charge in [-0.2, -0.15) is 4.99 Å². The van der Waals surface area contributed by atoms with Crippen LogP contribution in [0.3, 0.4) is 0 Å². The Labute approximate surface area is 164 Å². The van der Waals surface area contributed by atoms with Gasteiger partial charge in [0.1, 0.15) is 5.82 Å². The SMILES string of the molecule is O=C(C=C1CCN(C2CCCC2)CC1)CCc1nc2c(c(=O)[nH]1)N=C=CC=C2. The number of hydrogen-bond acceptors (Lipinski definition) is 5. The molecular formula is C22H26N4O2. The summed E-state index contributed by atoms with van der Waals surface area (Å²) in [7, 11) is 0. The number of aliphatic imine (C=N–C) groups is 1. The van der Waals surface area contributed by atoms with Gasteiger partial charge in [0, 0.05) is 32.0 Å². The molecule has 3 aliphatic rings. The van der Waals surface area contributed by atoms with Crippen LogP contribution in [-0.4, -0.2) is 45.7 Å². The molecule has 0 amide bonds. The van der Waals surface area contributed by atoms with E-state index < -0.39 is 0 Å². The van der Waals surface area contributed by atoms with Crippen molar-refractivity contribution < 1.29 is 4.79 Å². The van der Waals surface area contributed by atoms with Crippen molar-refractivity contribution in [1.82, 2.24) is 14.9 Å². The van der Waals surface area contributed by atoms with E-state index in [0.717, 1.165) is 32.0 Å². The molecule has 6 nitrogen and oxygen atoms in total. The van der Waals surface area contributed by atoms with Crippen molar-refractivity contribution in [2.24, 2.45) is 4.99 Å². The van der Waals surface area contributed by atoms with E-state index in [1.54, 1.807) is 18.2 Å². The molecule has 1 N–H and O–H groups in total. The van der Waals surface area contributed by atoms with Crippen LogP contribution in [-0.2, 0) is 11.2 Å². The van der Waals surface area contributed by atoms with Gasteiger partial charge in [0.15, 0.2) is 11.5 Å². The molecule has 146 valence electrons. The molecule has 28 heavy (non-hydrogen) atoms. The van der Waals surface area contributed by atoms with Crippen LogP contribution < -0.4 is 5.56 Å². The molecule has 4 rings (SSSR count). The zero-order valence-corrected chi connectivity index (χ0v) is 16.1. The number of aromatic amines is 1. The molecule has 0 spiro atoms. The first-order valence-electron chi connectivity index (χ1n) is 10.2. The number of rotatable bonds is 5. The van der Waals surface area contributed by atoms with E-state index in [9.17, 15) is 9.59 Å². The number of hydrogen-bond donors (Lipinski definition) is 1. The Hall–Kier alpha value is -2.56. The summed E-state index contributed by atoms with van der Waals surface area (Å²) in [4.78, 5) is 38.3. The molecule has 2 aliphatic heterocycles. The molecule has 0 aromatic carbocycles. The number of aromatic nitrogens is 2. The maximum atomic E-state index is 12.4. The second kappa shape index (κ2) is 8.63. The summed E-state index contributed by atoms with van der Waals surface area (Å²) in [5.74, 6) is 3.30. The fourth-order valence-electron chi connectivity index (χ4n) is 4.29. The number of aryl methyl sites for hydroxylation is 1. The van der Waals surface area contributed by atoms with Gasteiger partial charge < -0.3 is 4.98 Å². The number of likely N-dealkylation sites (tertiary alicyclic amines) is 1. The maximum Gasteiger partial charge on any atom is 0.278 e. The lowest BCUT2D eigenvalue weighted by Gasteiger charge is -2.33. The number of nitrogens with one attached hydrogen (secondary N) is 1. The Morgan fingerprint density at radius 2 is 2.07 bits per heavy atom. The normalized spacial score (nSPS) is 19.6. The molecule has 1 aliphatic carbocycles. The zero-order chi connectivity index (χ0) is 19.3. The first kappa shape index (κ1) is 18.8. The van der Waals surface area contributed by atoms with Crippen molar-refractivity contribution in [1.29, 1.82) is 0 Å². The van der Waals surface area contributed by atoms with Gasteiger partial charge in [0.05, 0.1) is 5.69 Å². The predicted octanol–water partition coefficient (Wildman–Crippen LogP) is 3.12. The van der Waals surface area contributed by atoms with Gasteiger partial charge in [-0.3, -0.25) is 14.5 Å². The molecule has 1 aromatic heterocycles. The highest BCUT2D eigenvalue weighted by atomic mass is 16.1. The summed E-state index contributed by atoms with van der Waals surface area (Å²) < 4.78 is 0. The van der Waals surface area contributed by atoms with Gasteiger partial charge >= 0.3 is 0 Å². The number of allylic oxidation sites excluding steroid dienone is 3. The van der Waals surface area contributed by atoms with Crippen LogP contribution in [0.4, 0.5) is 5.69 Å². The molecule has 2 fully saturated rings. The third kappa shape index (κ3) is 4.46. The first-order chi connectivity index (χ1) is 13.7.